The molecule has 0 aliphatic rings. The Bertz CT molecular complexity index is 245. The molecule has 0 unspecified atom stereocenters. The van der Waals surface area contributed by atoms with Gasteiger partial charge in [0.15, 0.2) is 5.82 Å². The van der Waals surface area contributed by atoms with E-state index < -0.39 is 0 Å². The molecule has 0 aromatic carbocycles. The molecule has 2 N–H and O–H groups in total. The SMILES string of the molecule is C/C=C/Cn1cc(Cl)c(N)n1. The monoisotopic (exact) mass is 171 g/mol. The van der Waals surface area contributed by atoms with Gasteiger partial charge in [-0.05, 0) is 6.92 Å². The van der Waals surface area contributed by atoms with Crippen LogP contribution < -0.4 is 5.73 Å². The fourth-order valence-electron chi connectivity index (χ4n) is 0.719. The lowest BCUT2D eigenvalue weighted by atomic mass is 10.5. The number of aromatic nitrogens is 2. The van der Waals surface area contributed by atoms with E-state index >= 15 is 0 Å². The Kier molecular flexibility index (Phi) is 2.54. The van der Waals surface area contributed by atoms with Crippen molar-refractivity contribution in [2.45, 2.75) is 13.5 Å². The highest BCUT2D eigenvalue weighted by Gasteiger charge is 1.99. The maximum Gasteiger partial charge on any atom is 0.164 e. The molecule has 0 aliphatic heterocycles. The zero-order valence-corrected chi connectivity index (χ0v) is 7.04. The molecule has 0 aliphatic carbocycles. The molecule has 0 saturated carbocycles. The quantitative estimate of drug-likeness (QED) is 0.689. The third-order valence-electron chi connectivity index (χ3n) is 1.27. The molecule has 0 spiro atoms. The van der Waals surface area contributed by atoms with Crippen molar-refractivity contribution in [1.82, 2.24) is 9.78 Å². The van der Waals surface area contributed by atoms with Crippen LogP contribution in [0.3, 0.4) is 0 Å². The van der Waals surface area contributed by atoms with Crippen LogP contribution in [0, 0.1) is 0 Å². The number of anilines is 1. The second kappa shape index (κ2) is 3.44. The van der Waals surface area contributed by atoms with Gasteiger partial charge in [-0.1, -0.05) is 23.8 Å². The molecular formula is C7H10ClN3. The van der Waals surface area contributed by atoms with E-state index in [2.05, 4.69) is 5.10 Å². The van der Waals surface area contributed by atoms with E-state index in [9.17, 15) is 0 Å². The second-order valence-electron chi connectivity index (χ2n) is 2.15. The average molecular weight is 172 g/mol. The van der Waals surface area contributed by atoms with Crippen LogP contribution in [0.1, 0.15) is 6.92 Å². The van der Waals surface area contributed by atoms with Crippen LogP contribution in [0.2, 0.25) is 5.02 Å². The van der Waals surface area contributed by atoms with Gasteiger partial charge in [0.05, 0.1) is 6.54 Å². The molecule has 11 heavy (non-hydrogen) atoms. The summed E-state index contributed by atoms with van der Waals surface area (Å²) in [7, 11) is 0. The number of rotatable bonds is 2. The minimum absolute atomic E-state index is 0.385. The van der Waals surface area contributed by atoms with Gasteiger partial charge in [-0.2, -0.15) is 5.10 Å². The van der Waals surface area contributed by atoms with E-state index in [1.165, 1.54) is 0 Å². The summed E-state index contributed by atoms with van der Waals surface area (Å²) >= 11 is 5.68. The minimum atomic E-state index is 0.385. The summed E-state index contributed by atoms with van der Waals surface area (Å²) in [6, 6.07) is 0. The van der Waals surface area contributed by atoms with Gasteiger partial charge in [-0.25, -0.2) is 0 Å². The Morgan fingerprint density at radius 3 is 3.00 bits per heavy atom. The summed E-state index contributed by atoms with van der Waals surface area (Å²) in [5.41, 5.74) is 5.42. The molecule has 0 radical (unpaired) electrons. The molecule has 1 rings (SSSR count). The molecule has 4 heteroatoms. The van der Waals surface area contributed by atoms with E-state index in [4.69, 9.17) is 17.3 Å². The Morgan fingerprint density at radius 1 is 1.82 bits per heavy atom. The van der Waals surface area contributed by atoms with Gasteiger partial charge < -0.3 is 5.73 Å². The third-order valence-corrected chi connectivity index (χ3v) is 1.56. The number of nitrogens with two attached hydrogens (primary N) is 1. The van der Waals surface area contributed by atoms with Gasteiger partial charge in [0.25, 0.3) is 0 Å². The molecule has 0 amide bonds. The van der Waals surface area contributed by atoms with Crippen LogP contribution in [0.5, 0.6) is 0 Å². The largest absolute Gasteiger partial charge is 0.381 e. The van der Waals surface area contributed by atoms with Crippen LogP contribution in [-0.4, -0.2) is 9.78 Å². The van der Waals surface area contributed by atoms with Gasteiger partial charge in [-0.3, -0.25) is 4.68 Å². The average Bonchev–Trinajstić information content (AvgIpc) is 2.28. The highest BCUT2D eigenvalue weighted by Crippen LogP contribution is 2.14. The number of allylic oxidation sites excluding steroid dienone is 2. The fourth-order valence-corrected chi connectivity index (χ4v) is 0.869. The van der Waals surface area contributed by atoms with E-state index in [0.29, 0.717) is 17.4 Å². The van der Waals surface area contributed by atoms with Crippen molar-refractivity contribution in [3.05, 3.63) is 23.4 Å². The normalized spacial score (nSPS) is 11.1. The first-order valence-electron chi connectivity index (χ1n) is 3.33. The minimum Gasteiger partial charge on any atom is -0.381 e. The second-order valence-corrected chi connectivity index (χ2v) is 2.56. The van der Waals surface area contributed by atoms with Gasteiger partial charge in [0.2, 0.25) is 0 Å². The first kappa shape index (κ1) is 8.14. The third kappa shape index (κ3) is 1.98. The number of halogens is 1. The number of nitrogens with zero attached hydrogens (tertiary/aromatic N) is 2. The Morgan fingerprint density at radius 2 is 2.55 bits per heavy atom. The van der Waals surface area contributed by atoms with Crippen molar-refractivity contribution < 1.29 is 0 Å². The summed E-state index contributed by atoms with van der Waals surface area (Å²) in [5.74, 6) is 0.385. The maximum absolute atomic E-state index is 5.68. The standard InChI is InChI=1S/C7H10ClN3/c1-2-3-4-11-5-6(8)7(9)10-11/h2-3,5H,4H2,1H3,(H2,9,10)/b3-2+. The summed E-state index contributed by atoms with van der Waals surface area (Å²) in [5, 5.41) is 4.47. The molecule has 0 saturated heterocycles. The van der Waals surface area contributed by atoms with E-state index in [1.54, 1.807) is 10.9 Å². The fraction of sp³-hybridized carbons (Fsp3) is 0.286. The van der Waals surface area contributed by atoms with E-state index in [0.717, 1.165) is 0 Å². The van der Waals surface area contributed by atoms with Crippen molar-refractivity contribution >= 4 is 17.4 Å². The molecule has 0 bridgehead atoms. The lowest BCUT2D eigenvalue weighted by Crippen LogP contribution is -1.96. The van der Waals surface area contributed by atoms with Crippen LogP contribution >= 0.6 is 11.6 Å². The van der Waals surface area contributed by atoms with Crippen LogP contribution in [0.25, 0.3) is 0 Å². The Labute approximate surface area is 70.5 Å². The number of hydrogen-bond donors (Lipinski definition) is 1. The van der Waals surface area contributed by atoms with Crippen LogP contribution in [0.4, 0.5) is 5.82 Å². The first-order valence-corrected chi connectivity index (χ1v) is 3.71. The molecular weight excluding hydrogens is 162 g/mol. The van der Waals surface area contributed by atoms with Gasteiger partial charge in [0.1, 0.15) is 5.02 Å². The van der Waals surface area contributed by atoms with Gasteiger partial charge in [0, 0.05) is 6.20 Å². The molecule has 1 aromatic rings. The lowest BCUT2D eigenvalue weighted by molar-refractivity contribution is 0.705. The number of hydrogen-bond acceptors (Lipinski definition) is 2. The van der Waals surface area contributed by atoms with Crippen molar-refractivity contribution in [1.29, 1.82) is 0 Å². The number of nitrogen functional groups attached to an aromatic ring is 1. The van der Waals surface area contributed by atoms with E-state index in [-0.39, 0.29) is 0 Å². The lowest BCUT2D eigenvalue weighted by Gasteiger charge is -1.91. The van der Waals surface area contributed by atoms with Gasteiger partial charge in [-0.15, -0.1) is 0 Å². The van der Waals surface area contributed by atoms with Crippen molar-refractivity contribution in [3.8, 4) is 0 Å². The zero-order chi connectivity index (χ0) is 8.27. The smallest absolute Gasteiger partial charge is 0.164 e. The van der Waals surface area contributed by atoms with Crippen LogP contribution in [-0.2, 0) is 6.54 Å². The molecule has 0 atom stereocenters. The van der Waals surface area contributed by atoms with Gasteiger partial charge >= 0.3 is 0 Å². The summed E-state index contributed by atoms with van der Waals surface area (Å²) in [6.07, 6.45) is 5.63. The van der Waals surface area contributed by atoms with Crippen molar-refractivity contribution in [2.75, 3.05) is 5.73 Å². The summed E-state index contributed by atoms with van der Waals surface area (Å²) in [4.78, 5) is 0. The molecule has 60 valence electrons. The Balaban J connectivity index is 2.72. The topological polar surface area (TPSA) is 43.8 Å². The predicted molar refractivity (Wildman–Crippen MR) is 46.5 cm³/mol. The highest BCUT2D eigenvalue weighted by atomic mass is 35.5. The first-order chi connectivity index (χ1) is 5.24. The molecule has 1 heterocycles. The molecule has 3 nitrogen and oxygen atoms in total. The summed E-state index contributed by atoms with van der Waals surface area (Å²) in [6.45, 7) is 2.67. The van der Waals surface area contributed by atoms with Crippen LogP contribution in [0.15, 0.2) is 18.3 Å². The zero-order valence-electron chi connectivity index (χ0n) is 6.29. The predicted octanol–water partition coefficient (Wildman–Crippen LogP) is 1.69. The molecule has 1 aromatic heterocycles. The maximum atomic E-state index is 5.68. The highest BCUT2D eigenvalue weighted by molar-refractivity contribution is 6.32. The van der Waals surface area contributed by atoms with Crippen molar-refractivity contribution in [2.24, 2.45) is 0 Å². The summed E-state index contributed by atoms with van der Waals surface area (Å²) < 4.78 is 1.69. The molecule has 0 fully saturated rings. The van der Waals surface area contributed by atoms with Crippen molar-refractivity contribution in [3.63, 3.8) is 0 Å². The van der Waals surface area contributed by atoms with E-state index in [1.807, 2.05) is 19.1 Å². The Hall–Kier alpha value is -0.960.